The van der Waals surface area contributed by atoms with Gasteiger partial charge in [0.15, 0.2) is 12.4 Å². The average Bonchev–Trinajstić information content (AvgIpc) is 2.76. The lowest BCUT2D eigenvalue weighted by molar-refractivity contribution is -0.152. The van der Waals surface area contributed by atoms with Crippen molar-refractivity contribution in [2.45, 2.75) is 19.8 Å². The van der Waals surface area contributed by atoms with Crippen molar-refractivity contribution in [2.24, 2.45) is 0 Å². The first-order valence-corrected chi connectivity index (χ1v) is 9.97. The molecule has 1 fully saturated rings. The van der Waals surface area contributed by atoms with E-state index in [4.69, 9.17) is 4.74 Å². The number of Topliss-reactive ketones (excluding diaryl/α,β-unsaturated/α-hetero) is 1. The van der Waals surface area contributed by atoms with Gasteiger partial charge in [-0.2, -0.15) is 0 Å². The SMILES string of the molecule is CC(=O)c1ccc(N2CCN(C(=O)COC(=O)CCc3ccccc3)CC2)c(F)c1. The van der Waals surface area contributed by atoms with E-state index in [2.05, 4.69) is 0 Å². The number of piperazine rings is 1. The molecule has 0 atom stereocenters. The second-order valence-electron chi connectivity index (χ2n) is 7.24. The summed E-state index contributed by atoms with van der Waals surface area (Å²) in [6.45, 7) is 2.86. The highest BCUT2D eigenvalue weighted by Crippen LogP contribution is 2.22. The van der Waals surface area contributed by atoms with Gasteiger partial charge in [0.2, 0.25) is 0 Å². The molecule has 1 saturated heterocycles. The maximum atomic E-state index is 14.3. The van der Waals surface area contributed by atoms with Crippen LogP contribution >= 0.6 is 0 Å². The molecule has 0 unspecified atom stereocenters. The largest absolute Gasteiger partial charge is 0.456 e. The van der Waals surface area contributed by atoms with Gasteiger partial charge in [-0.05, 0) is 37.1 Å². The number of benzene rings is 2. The van der Waals surface area contributed by atoms with Gasteiger partial charge in [-0.15, -0.1) is 0 Å². The Kier molecular flexibility index (Phi) is 7.17. The summed E-state index contributed by atoms with van der Waals surface area (Å²) in [5.41, 5.74) is 1.79. The summed E-state index contributed by atoms with van der Waals surface area (Å²) in [7, 11) is 0. The van der Waals surface area contributed by atoms with Gasteiger partial charge >= 0.3 is 5.97 Å². The van der Waals surface area contributed by atoms with E-state index in [1.807, 2.05) is 35.2 Å². The molecule has 1 aliphatic rings. The lowest BCUT2D eigenvalue weighted by Gasteiger charge is -2.36. The number of rotatable bonds is 7. The molecule has 158 valence electrons. The Hall–Kier alpha value is -3.22. The van der Waals surface area contributed by atoms with Crippen LogP contribution in [-0.4, -0.2) is 55.3 Å². The number of carbonyl (C=O) groups excluding carboxylic acids is 3. The summed E-state index contributed by atoms with van der Waals surface area (Å²) >= 11 is 0. The number of esters is 1. The van der Waals surface area contributed by atoms with Crippen molar-refractivity contribution in [1.29, 1.82) is 0 Å². The van der Waals surface area contributed by atoms with Gasteiger partial charge in [0.1, 0.15) is 5.82 Å². The molecule has 0 saturated carbocycles. The fraction of sp³-hybridized carbons (Fsp3) is 0.348. The molecule has 30 heavy (non-hydrogen) atoms. The van der Waals surface area contributed by atoms with Crippen LogP contribution in [0, 0.1) is 5.82 Å². The van der Waals surface area contributed by atoms with Gasteiger partial charge in [0.05, 0.1) is 5.69 Å². The predicted molar refractivity (Wildman–Crippen MR) is 111 cm³/mol. The van der Waals surface area contributed by atoms with E-state index in [0.717, 1.165) is 5.56 Å². The predicted octanol–water partition coefficient (Wildman–Crippen LogP) is 2.85. The van der Waals surface area contributed by atoms with Crippen LogP contribution in [0.5, 0.6) is 0 Å². The lowest BCUT2D eigenvalue weighted by Crippen LogP contribution is -2.50. The molecule has 0 N–H and O–H groups in total. The van der Waals surface area contributed by atoms with Gasteiger partial charge < -0.3 is 14.5 Å². The van der Waals surface area contributed by atoms with Crippen LogP contribution in [0.4, 0.5) is 10.1 Å². The maximum Gasteiger partial charge on any atom is 0.306 e. The number of hydrogen-bond donors (Lipinski definition) is 0. The Labute approximate surface area is 175 Å². The number of nitrogens with zero attached hydrogens (tertiary/aromatic N) is 2. The van der Waals surface area contributed by atoms with E-state index in [1.54, 1.807) is 17.0 Å². The highest BCUT2D eigenvalue weighted by Gasteiger charge is 2.24. The Balaban J connectivity index is 1.43. The molecular weight excluding hydrogens is 387 g/mol. The average molecular weight is 412 g/mol. The molecule has 1 heterocycles. The van der Waals surface area contributed by atoms with Gasteiger partial charge in [0.25, 0.3) is 5.91 Å². The standard InChI is InChI=1S/C23H25FN2O4/c1-17(27)19-8-9-21(20(24)15-19)25-11-13-26(14-12-25)22(28)16-30-23(29)10-7-18-5-3-2-4-6-18/h2-6,8-9,15H,7,10-14,16H2,1H3. The normalized spacial score (nSPS) is 13.8. The zero-order chi connectivity index (χ0) is 21.5. The third-order valence-corrected chi connectivity index (χ3v) is 5.14. The number of carbonyl (C=O) groups is 3. The van der Waals surface area contributed by atoms with Crippen LogP contribution in [-0.2, 0) is 20.7 Å². The Bertz CT molecular complexity index is 909. The van der Waals surface area contributed by atoms with E-state index in [0.29, 0.717) is 43.9 Å². The van der Waals surface area contributed by atoms with E-state index in [1.165, 1.54) is 13.0 Å². The second kappa shape index (κ2) is 10.0. The molecule has 0 spiro atoms. The molecule has 0 aromatic heterocycles. The number of halogens is 1. The first-order valence-electron chi connectivity index (χ1n) is 9.97. The fourth-order valence-electron chi connectivity index (χ4n) is 3.38. The van der Waals surface area contributed by atoms with Gasteiger partial charge in [-0.1, -0.05) is 30.3 Å². The second-order valence-corrected chi connectivity index (χ2v) is 7.24. The topological polar surface area (TPSA) is 66.9 Å². The first kappa shape index (κ1) is 21.5. The Morgan fingerprint density at radius 2 is 1.70 bits per heavy atom. The summed E-state index contributed by atoms with van der Waals surface area (Å²) in [5.74, 6) is -1.29. The van der Waals surface area contributed by atoms with Gasteiger partial charge in [-0.25, -0.2) is 4.39 Å². The molecular formula is C23H25FN2O4. The summed E-state index contributed by atoms with van der Waals surface area (Å²) in [5, 5.41) is 0. The minimum Gasteiger partial charge on any atom is -0.456 e. The molecule has 1 aliphatic heterocycles. The first-order chi connectivity index (χ1) is 14.4. The monoisotopic (exact) mass is 412 g/mol. The van der Waals surface area contributed by atoms with E-state index < -0.39 is 11.8 Å². The van der Waals surface area contributed by atoms with Gasteiger partial charge in [0, 0.05) is 38.2 Å². The van der Waals surface area contributed by atoms with E-state index in [-0.39, 0.29) is 24.7 Å². The zero-order valence-corrected chi connectivity index (χ0v) is 17.0. The quantitative estimate of drug-likeness (QED) is 0.517. The van der Waals surface area contributed by atoms with Crippen molar-refractivity contribution in [3.63, 3.8) is 0 Å². The van der Waals surface area contributed by atoms with E-state index >= 15 is 0 Å². The van der Waals surface area contributed by atoms with Crippen molar-refractivity contribution in [3.8, 4) is 0 Å². The molecule has 6 nitrogen and oxygen atoms in total. The third kappa shape index (κ3) is 5.65. The van der Waals surface area contributed by atoms with Crippen LogP contribution in [0.25, 0.3) is 0 Å². The molecule has 7 heteroatoms. The Morgan fingerprint density at radius 1 is 1.00 bits per heavy atom. The minimum atomic E-state index is -0.449. The van der Waals surface area contributed by atoms with Crippen molar-refractivity contribution in [1.82, 2.24) is 4.90 Å². The smallest absolute Gasteiger partial charge is 0.306 e. The summed E-state index contributed by atoms with van der Waals surface area (Å²) in [4.78, 5) is 39.0. The number of ketones is 1. The molecule has 2 aromatic carbocycles. The van der Waals surface area contributed by atoms with Crippen molar-refractivity contribution in [3.05, 3.63) is 65.5 Å². The molecule has 0 bridgehead atoms. The number of ether oxygens (including phenoxy) is 1. The van der Waals surface area contributed by atoms with Crippen LogP contribution in [0.3, 0.4) is 0 Å². The Morgan fingerprint density at radius 3 is 2.33 bits per heavy atom. The minimum absolute atomic E-state index is 0.186. The fourth-order valence-corrected chi connectivity index (χ4v) is 3.38. The summed E-state index contributed by atoms with van der Waals surface area (Å²) < 4.78 is 19.4. The van der Waals surface area contributed by atoms with Crippen molar-refractivity contribution in [2.75, 3.05) is 37.7 Å². The maximum absolute atomic E-state index is 14.3. The number of amides is 1. The highest BCUT2D eigenvalue weighted by molar-refractivity contribution is 5.94. The van der Waals surface area contributed by atoms with Gasteiger partial charge in [-0.3, -0.25) is 14.4 Å². The van der Waals surface area contributed by atoms with Crippen molar-refractivity contribution < 1.29 is 23.5 Å². The van der Waals surface area contributed by atoms with Crippen LogP contribution in [0.1, 0.15) is 29.3 Å². The number of anilines is 1. The number of hydrogen-bond acceptors (Lipinski definition) is 5. The zero-order valence-electron chi connectivity index (χ0n) is 17.0. The molecule has 1 amide bonds. The summed E-state index contributed by atoms with van der Waals surface area (Å²) in [6.07, 6.45) is 0.793. The molecule has 0 radical (unpaired) electrons. The third-order valence-electron chi connectivity index (χ3n) is 5.14. The molecule has 2 aromatic rings. The van der Waals surface area contributed by atoms with Crippen LogP contribution < -0.4 is 4.90 Å². The summed E-state index contributed by atoms with van der Waals surface area (Å²) in [6, 6.07) is 14.1. The van der Waals surface area contributed by atoms with E-state index in [9.17, 15) is 18.8 Å². The lowest BCUT2D eigenvalue weighted by atomic mass is 10.1. The highest BCUT2D eigenvalue weighted by atomic mass is 19.1. The van der Waals surface area contributed by atoms with Crippen LogP contribution in [0.2, 0.25) is 0 Å². The molecule has 0 aliphatic carbocycles. The van der Waals surface area contributed by atoms with Crippen LogP contribution in [0.15, 0.2) is 48.5 Å². The molecule has 3 rings (SSSR count). The van der Waals surface area contributed by atoms with Crippen molar-refractivity contribution >= 4 is 23.3 Å². The number of aryl methyl sites for hydroxylation is 1.